The number of phenols is 1. The maximum Gasteiger partial charge on any atom is 0.320 e. The van der Waals surface area contributed by atoms with E-state index in [2.05, 4.69) is 41.8 Å². The van der Waals surface area contributed by atoms with Crippen molar-refractivity contribution in [2.24, 2.45) is 5.73 Å². The van der Waals surface area contributed by atoms with E-state index in [1.807, 2.05) is 0 Å². The molecule has 0 aliphatic carbocycles. The number of pyridine rings is 1. The first-order valence-electron chi connectivity index (χ1n) is 9.56. The molecule has 8 nitrogen and oxygen atoms in total. The van der Waals surface area contributed by atoms with Crippen LogP contribution in [0.4, 0.5) is 0 Å². The molecule has 1 atom stereocenters. The van der Waals surface area contributed by atoms with E-state index in [1.165, 1.54) is 30.7 Å². The molecule has 4 rings (SSSR count). The Bertz CT molecular complexity index is 1490. The molecule has 11 heteroatoms. The van der Waals surface area contributed by atoms with Gasteiger partial charge in [-0.05, 0) is 79.7 Å². The number of carboxylic acids is 1. The molecule has 0 saturated heterocycles. The summed E-state index contributed by atoms with van der Waals surface area (Å²) in [6.45, 7) is 0. The molecule has 2 heterocycles. The zero-order valence-electron chi connectivity index (χ0n) is 16.8. The Balaban J connectivity index is 1.93. The fourth-order valence-corrected chi connectivity index (χ4v) is 6.42. The van der Waals surface area contributed by atoms with Gasteiger partial charge in [0.1, 0.15) is 11.8 Å². The minimum Gasteiger partial charge on any atom is -0.506 e. The highest BCUT2D eigenvalue weighted by Gasteiger charge is 2.24. The van der Waals surface area contributed by atoms with Crippen molar-refractivity contribution in [1.29, 1.82) is 0 Å². The molecule has 0 bridgehead atoms. The number of aromatic nitrogens is 2. The summed E-state index contributed by atoms with van der Waals surface area (Å²) < 4.78 is 27.2. The maximum atomic E-state index is 13.2. The summed E-state index contributed by atoms with van der Waals surface area (Å²) in [6, 6.07) is 8.45. The van der Waals surface area contributed by atoms with Crippen LogP contribution in [0.25, 0.3) is 22.0 Å². The van der Waals surface area contributed by atoms with Gasteiger partial charge in [-0.1, -0.05) is 6.07 Å². The Morgan fingerprint density at radius 1 is 1.15 bits per heavy atom. The van der Waals surface area contributed by atoms with Gasteiger partial charge in [-0.15, -0.1) is 0 Å². The minimum absolute atomic E-state index is 0.00447. The van der Waals surface area contributed by atoms with Gasteiger partial charge < -0.3 is 20.9 Å². The van der Waals surface area contributed by atoms with Crippen molar-refractivity contribution in [3.05, 3.63) is 69.5 Å². The van der Waals surface area contributed by atoms with Crippen molar-refractivity contribution >= 4 is 58.6 Å². The Labute approximate surface area is 205 Å². The zero-order chi connectivity index (χ0) is 23.9. The summed E-state index contributed by atoms with van der Waals surface area (Å²) in [4.78, 5) is 18.4. The molecular weight excluding hydrogens is 578 g/mol. The Morgan fingerprint density at radius 3 is 2.52 bits per heavy atom. The third-order valence-electron chi connectivity index (χ3n) is 5.21. The molecule has 0 aliphatic heterocycles. The zero-order valence-corrected chi connectivity index (χ0v) is 20.8. The summed E-state index contributed by atoms with van der Waals surface area (Å²) in [5.41, 5.74) is 8.04. The number of benzene rings is 2. The van der Waals surface area contributed by atoms with E-state index in [4.69, 9.17) is 5.73 Å². The van der Waals surface area contributed by atoms with Gasteiger partial charge in [-0.3, -0.25) is 9.78 Å². The van der Waals surface area contributed by atoms with Gasteiger partial charge in [0.25, 0.3) is 0 Å². The molecule has 2 aromatic carbocycles. The average Bonchev–Trinajstić information content (AvgIpc) is 3.22. The molecule has 0 amide bonds. The number of aromatic hydroxyl groups is 1. The van der Waals surface area contributed by atoms with Crippen LogP contribution in [0.1, 0.15) is 5.56 Å². The van der Waals surface area contributed by atoms with E-state index >= 15 is 0 Å². The second-order valence-corrected chi connectivity index (χ2v) is 10.9. The van der Waals surface area contributed by atoms with Crippen LogP contribution in [-0.4, -0.2) is 40.6 Å². The molecule has 170 valence electrons. The largest absolute Gasteiger partial charge is 0.506 e. The number of nitrogens with zero attached hydrogens (tertiary/aromatic N) is 1. The van der Waals surface area contributed by atoms with Crippen LogP contribution >= 0.6 is 31.9 Å². The molecule has 5 N–H and O–H groups in total. The lowest BCUT2D eigenvalue weighted by Gasteiger charge is -2.17. The number of halogens is 2. The van der Waals surface area contributed by atoms with Crippen molar-refractivity contribution in [3.63, 3.8) is 0 Å². The number of H-pyrrole nitrogens is 1. The molecule has 2 aromatic heterocycles. The molecule has 0 aliphatic rings. The number of aromatic amines is 1. The first-order valence-corrected chi connectivity index (χ1v) is 12.6. The van der Waals surface area contributed by atoms with Gasteiger partial charge in [0.15, 0.2) is 0 Å². The van der Waals surface area contributed by atoms with Crippen LogP contribution in [-0.2, 0) is 21.1 Å². The van der Waals surface area contributed by atoms with Gasteiger partial charge in [-0.25, -0.2) is 8.42 Å². The molecule has 0 spiro atoms. The molecule has 4 aromatic rings. The first-order chi connectivity index (χ1) is 15.6. The van der Waals surface area contributed by atoms with Crippen LogP contribution in [0.3, 0.4) is 0 Å². The SMILES string of the molecule is N[C@@H](Cc1cc(Br)c(O)c(Br)c1-c1ccc2[nH]cc(S(=O)(=O)c3ccncc3)c2c1)C(=O)O. The van der Waals surface area contributed by atoms with E-state index in [0.29, 0.717) is 36.5 Å². The third kappa shape index (κ3) is 4.29. The van der Waals surface area contributed by atoms with Crippen LogP contribution in [0.2, 0.25) is 0 Å². The number of phenolic OH excluding ortho intramolecular Hbond substituents is 1. The van der Waals surface area contributed by atoms with E-state index in [0.717, 1.165) is 0 Å². The third-order valence-corrected chi connectivity index (χ3v) is 8.40. The molecular formula is C22H17Br2N3O5S. The molecule has 0 fully saturated rings. The quantitative estimate of drug-likeness (QED) is 0.261. The predicted octanol–water partition coefficient (Wildman–Crippen LogP) is 4.25. The minimum atomic E-state index is -3.82. The normalized spacial score (nSPS) is 12.7. The van der Waals surface area contributed by atoms with Gasteiger partial charge in [-0.2, -0.15) is 0 Å². The second-order valence-electron chi connectivity index (χ2n) is 7.30. The number of carboxylic acid groups (broad SMARTS) is 1. The van der Waals surface area contributed by atoms with E-state index < -0.39 is 21.8 Å². The van der Waals surface area contributed by atoms with Crippen molar-refractivity contribution in [3.8, 4) is 16.9 Å². The highest BCUT2D eigenvalue weighted by Crippen LogP contribution is 2.44. The van der Waals surface area contributed by atoms with Crippen LogP contribution in [0.5, 0.6) is 5.75 Å². The topological polar surface area (TPSA) is 146 Å². The van der Waals surface area contributed by atoms with Gasteiger partial charge in [0, 0.05) is 35.1 Å². The number of nitrogens with one attached hydrogen (secondary N) is 1. The fourth-order valence-electron chi connectivity index (χ4n) is 3.57. The average molecular weight is 595 g/mol. The second kappa shape index (κ2) is 8.90. The number of rotatable bonds is 6. The summed E-state index contributed by atoms with van der Waals surface area (Å²) in [5, 5.41) is 20.2. The first kappa shape index (κ1) is 23.4. The number of aliphatic carboxylic acids is 1. The summed E-state index contributed by atoms with van der Waals surface area (Å²) in [6.07, 6.45) is 4.24. The number of fused-ring (bicyclic) bond motifs is 1. The number of sulfone groups is 1. The van der Waals surface area contributed by atoms with Gasteiger partial charge >= 0.3 is 5.97 Å². The van der Waals surface area contributed by atoms with E-state index in [-0.39, 0.29) is 22.0 Å². The lowest BCUT2D eigenvalue weighted by atomic mass is 9.94. The number of carbonyl (C=O) groups is 1. The highest BCUT2D eigenvalue weighted by molar-refractivity contribution is 9.11. The van der Waals surface area contributed by atoms with Crippen molar-refractivity contribution in [2.45, 2.75) is 22.3 Å². The monoisotopic (exact) mass is 593 g/mol. The standard InChI is InChI=1S/C22H17Br2N3O5S/c23-15-8-12(9-16(25)22(29)30)19(20(24)21(15)28)11-1-2-17-14(7-11)18(10-27-17)33(31,32)13-3-5-26-6-4-13/h1-8,10,16,27-28H,9,25H2,(H,29,30)/t16-/m0/s1. The smallest absolute Gasteiger partial charge is 0.320 e. The number of nitrogens with two attached hydrogens (primary N) is 1. The number of hydrogen-bond acceptors (Lipinski definition) is 6. The molecule has 0 unspecified atom stereocenters. The number of hydrogen-bond donors (Lipinski definition) is 4. The molecule has 0 radical (unpaired) electrons. The van der Waals surface area contributed by atoms with Crippen molar-refractivity contribution in [2.75, 3.05) is 0 Å². The van der Waals surface area contributed by atoms with Crippen LogP contribution in [0.15, 0.2) is 73.7 Å². The van der Waals surface area contributed by atoms with E-state index in [1.54, 1.807) is 24.3 Å². The summed E-state index contributed by atoms with van der Waals surface area (Å²) in [7, 11) is -3.82. The Kier molecular flexibility index (Phi) is 6.32. The van der Waals surface area contributed by atoms with Gasteiger partial charge in [0.2, 0.25) is 9.84 Å². The predicted molar refractivity (Wildman–Crippen MR) is 130 cm³/mol. The van der Waals surface area contributed by atoms with Crippen LogP contribution < -0.4 is 5.73 Å². The molecule has 33 heavy (non-hydrogen) atoms. The van der Waals surface area contributed by atoms with Crippen molar-refractivity contribution in [1.82, 2.24) is 9.97 Å². The summed E-state index contributed by atoms with van der Waals surface area (Å²) in [5.74, 6) is -1.23. The van der Waals surface area contributed by atoms with E-state index in [9.17, 15) is 23.4 Å². The highest BCUT2D eigenvalue weighted by atomic mass is 79.9. The molecule has 0 saturated carbocycles. The van der Waals surface area contributed by atoms with Gasteiger partial charge in [0.05, 0.1) is 18.7 Å². The lowest BCUT2D eigenvalue weighted by Crippen LogP contribution is -2.32. The van der Waals surface area contributed by atoms with Crippen molar-refractivity contribution < 1.29 is 23.4 Å². The Hall–Kier alpha value is -2.73. The van der Waals surface area contributed by atoms with Crippen LogP contribution in [0, 0.1) is 0 Å². The Morgan fingerprint density at radius 2 is 1.85 bits per heavy atom. The fraction of sp³-hybridized carbons (Fsp3) is 0.0909. The lowest BCUT2D eigenvalue weighted by molar-refractivity contribution is -0.138. The summed E-state index contributed by atoms with van der Waals surface area (Å²) >= 11 is 6.66. The maximum absolute atomic E-state index is 13.2.